The molecule has 0 amide bonds. The summed E-state index contributed by atoms with van der Waals surface area (Å²) in [5, 5.41) is 23.8. The summed E-state index contributed by atoms with van der Waals surface area (Å²) in [6.45, 7) is 0. The van der Waals surface area contributed by atoms with Gasteiger partial charge in [0.2, 0.25) is 17.3 Å². The second-order valence-electron chi connectivity index (χ2n) is 8.22. The van der Waals surface area contributed by atoms with Gasteiger partial charge in [0, 0.05) is 34.7 Å². The van der Waals surface area contributed by atoms with Gasteiger partial charge < -0.3 is 14.5 Å². The number of rotatable bonds is 6. The van der Waals surface area contributed by atoms with Gasteiger partial charge in [-0.1, -0.05) is 72.4 Å². The number of ether oxygens (including phenoxy) is 1. The Morgan fingerprint density at radius 3 is 2.65 bits per heavy atom. The van der Waals surface area contributed by atoms with Crippen LogP contribution < -0.4 is 10.1 Å². The van der Waals surface area contributed by atoms with Crippen LogP contribution in [0, 0.1) is 10.1 Å². The van der Waals surface area contributed by atoms with Crippen molar-refractivity contribution in [1.29, 1.82) is 0 Å². The monoisotopic (exact) mass is 509 g/mol. The minimum Gasteiger partial charge on any atom is -0.455 e. The summed E-state index contributed by atoms with van der Waals surface area (Å²) in [6, 6.07) is 27.6. The van der Waals surface area contributed by atoms with Crippen molar-refractivity contribution in [1.82, 2.24) is 15.2 Å². The highest BCUT2D eigenvalue weighted by molar-refractivity contribution is 7.98. The minimum absolute atomic E-state index is 0.00884. The molecule has 9 nitrogen and oxygen atoms in total. The molecule has 37 heavy (non-hydrogen) atoms. The van der Waals surface area contributed by atoms with Crippen LogP contribution in [0.25, 0.3) is 22.6 Å². The van der Waals surface area contributed by atoms with Crippen molar-refractivity contribution in [3.63, 3.8) is 0 Å². The molecule has 0 saturated carbocycles. The van der Waals surface area contributed by atoms with Crippen LogP contribution in [0.4, 0.5) is 11.4 Å². The number of fused-ring (bicyclic) bond motifs is 3. The summed E-state index contributed by atoms with van der Waals surface area (Å²) in [6.07, 6.45) is -0.710. The smallest absolute Gasteiger partial charge is 0.270 e. The molecular formula is C27H19N5O4S. The maximum atomic E-state index is 11.2. The van der Waals surface area contributed by atoms with Crippen LogP contribution in [0.2, 0.25) is 0 Å². The first-order valence-corrected chi connectivity index (χ1v) is 12.4. The Morgan fingerprint density at radius 2 is 1.78 bits per heavy atom. The number of hydrogen-bond acceptors (Lipinski definition) is 9. The number of aromatic nitrogens is 3. The lowest BCUT2D eigenvalue weighted by Gasteiger charge is -2.16. The average Bonchev–Trinajstić information content (AvgIpc) is 3.37. The van der Waals surface area contributed by atoms with E-state index in [1.807, 2.05) is 54.6 Å². The van der Waals surface area contributed by atoms with Crippen molar-refractivity contribution in [3.8, 4) is 28.5 Å². The quantitative estimate of drug-likeness (QED) is 0.155. The van der Waals surface area contributed by atoms with Crippen molar-refractivity contribution in [2.24, 2.45) is 0 Å². The molecule has 0 radical (unpaired) electrons. The highest BCUT2D eigenvalue weighted by atomic mass is 32.2. The summed E-state index contributed by atoms with van der Waals surface area (Å²) in [7, 11) is 0. The first-order chi connectivity index (χ1) is 18.1. The fourth-order valence-electron chi connectivity index (χ4n) is 3.98. The molecule has 1 N–H and O–H groups in total. The SMILES string of the molecule is O=[N+]([O-])c1cccc(-c2ccc([C@@H]3Nc4ccccc4-c4nnc(SCc5ccccc5)nc4O3)o2)c1. The number of para-hydroxylation sites is 1. The Bertz CT molecular complexity index is 1590. The molecule has 0 fully saturated rings. The summed E-state index contributed by atoms with van der Waals surface area (Å²) in [5.41, 5.74) is 3.87. The van der Waals surface area contributed by atoms with Gasteiger partial charge in [0.1, 0.15) is 5.76 Å². The highest BCUT2D eigenvalue weighted by Gasteiger charge is 2.28. The lowest BCUT2D eigenvalue weighted by atomic mass is 10.1. The van der Waals surface area contributed by atoms with E-state index in [1.165, 1.54) is 23.9 Å². The van der Waals surface area contributed by atoms with Crippen LogP contribution in [0.15, 0.2) is 101 Å². The molecule has 0 saturated heterocycles. The number of non-ortho nitro benzene ring substituents is 1. The average molecular weight is 510 g/mol. The Labute approximate surface area is 215 Å². The van der Waals surface area contributed by atoms with Crippen molar-refractivity contribution in [2.75, 3.05) is 5.32 Å². The van der Waals surface area contributed by atoms with Crippen LogP contribution in [0.3, 0.4) is 0 Å². The van der Waals surface area contributed by atoms with Crippen LogP contribution in [-0.2, 0) is 5.75 Å². The van der Waals surface area contributed by atoms with E-state index in [1.54, 1.807) is 24.3 Å². The van der Waals surface area contributed by atoms with E-state index in [4.69, 9.17) is 9.15 Å². The zero-order chi connectivity index (χ0) is 25.2. The van der Waals surface area contributed by atoms with E-state index in [0.29, 0.717) is 39.6 Å². The lowest BCUT2D eigenvalue weighted by Crippen LogP contribution is -2.16. The van der Waals surface area contributed by atoms with Gasteiger partial charge in [0.25, 0.3) is 5.69 Å². The largest absolute Gasteiger partial charge is 0.455 e. The van der Waals surface area contributed by atoms with Gasteiger partial charge in [-0.3, -0.25) is 10.1 Å². The number of thioether (sulfide) groups is 1. The number of hydrogen-bond donors (Lipinski definition) is 1. The number of furan rings is 1. The van der Waals surface area contributed by atoms with Gasteiger partial charge in [-0.25, -0.2) is 0 Å². The summed E-state index contributed by atoms with van der Waals surface area (Å²) in [5.74, 6) is 2.01. The van der Waals surface area contributed by atoms with Gasteiger partial charge in [-0.15, -0.1) is 10.2 Å². The topological polar surface area (TPSA) is 116 Å². The first-order valence-electron chi connectivity index (χ1n) is 11.4. The molecule has 3 aromatic carbocycles. The molecule has 1 aliphatic rings. The molecule has 10 heteroatoms. The summed E-state index contributed by atoms with van der Waals surface area (Å²) < 4.78 is 12.4. The second kappa shape index (κ2) is 9.75. The van der Waals surface area contributed by atoms with Crippen molar-refractivity contribution >= 4 is 23.1 Å². The van der Waals surface area contributed by atoms with Crippen LogP contribution in [0.1, 0.15) is 17.6 Å². The third-order valence-corrected chi connectivity index (χ3v) is 6.68. The molecule has 182 valence electrons. The number of anilines is 1. The Hall–Kier alpha value is -4.70. The highest BCUT2D eigenvalue weighted by Crippen LogP contribution is 2.40. The second-order valence-corrected chi connectivity index (χ2v) is 9.16. The normalized spacial score (nSPS) is 14.0. The number of nitro groups is 1. The zero-order valence-electron chi connectivity index (χ0n) is 19.3. The lowest BCUT2D eigenvalue weighted by molar-refractivity contribution is -0.384. The molecule has 1 atom stereocenters. The summed E-state index contributed by atoms with van der Waals surface area (Å²) >= 11 is 1.47. The van der Waals surface area contributed by atoms with Gasteiger partial charge in [-0.2, -0.15) is 4.98 Å². The third kappa shape index (κ3) is 4.74. The number of nitrogens with zero attached hydrogens (tertiary/aromatic N) is 4. The van der Waals surface area contributed by atoms with Crippen LogP contribution >= 0.6 is 11.8 Å². The number of benzene rings is 3. The van der Waals surface area contributed by atoms with Crippen LogP contribution in [-0.4, -0.2) is 20.1 Å². The Kier molecular flexibility index (Phi) is 5.99. The standard InChI is InChI=1S/C27H19N5O4S/c33-32(34)19-10-6-9-18(15-19)22-13-14-23(35-22)25-28-21-12-5-4-11-20(21)24-26(36-25)29-27(31-30-24)37-16-17-7-2-1-3-8-17/h1-15,25,28H,16H2/t25-/m1/s1. The molecule has 3 heterocycles. The molecular weight excluding hydrogens is 490 g/mol. The van der Waals surface area contributed by atoms with Crippen molar-refractivity contribution < 1.29 is 14.1 Å². The van der Waals surface area contributed by atoms with E-state index in [-0.39, 0.29) is 5.69 Å². The van der Waals surface area contributed by atoms with Crippen molar-refractivity contribution in [2.45, 2.75) is 17.1 Å². The fraction of sp³-hybridized carbons (Fsp3) is 0.0741. The van der Waals surface area contributed by atoms with Crippen molar-refractivity contribution in [3.05, 3.63) is 112 Å². The third-order valence-electron chi connectivity index (χ3n) is 5.77. The molecule has 0 aliphatic carbocycles. The van der Waals surface area contributed by atoms with E-state index < -0.39 is 11.2 Å². The maximum Gasteiger partial charge on any atom is 0.270 e. The number of nitrogens with one attached hydrogen (secondary N) is 1. The zero-order valence-corrected chi connectivity index (χ0v) is 20.1. The minimum atomic E-state index is -0.710. The molecule has 0 unspecified atom stereocenters. The van der Waals surface area contributed by atoms with E-state index in [9.17, 15) is 10.1 Å². The molecule has 0 bridgehead atoms. The van der Waals surface area contributed by atoms with E-state index in [0.717, 1.165) is 16.8 Å². The molecule has 2 aromatic heterocycles. The van der Waals surface area contributed by atoms with Gasteiger partial charge in [0.15, 0.2) is 11.5 Å². The first kappa shape index (κ1) is 22.7. The molecule has 0 spiro atoms. The fourth-order valence-corrected chi connectivity index (χ4v) is 4.72. The van der Waals surface area contributed by atoms with Gasteiger partial charge in [-0.05, 0) is 23.8 Å². The van der Waals surface area contributed by atoms with Gasteiger partial charge in [0.05, 0.1) is 4.92 Å². The Balaban J connectivity index is 1.32. The van der Waals surface area contributed by atoms with Crippen LogP contribution in [0.5, 0.6) is 5.88 Å². The predicted molar refractivity (Wildman–Crippen MR) is 139 cm³/mol. The molecule has 1 aliphatic heterocycles. The molecule has 5 aromatic rings. The molecule has 6 rings (SSSR count). The van der Waals surface area contributed by atoms with E-state index in [2.05, 4.69) is 20.5 Å². The van der Waals surface area contributed by atoms with E-state index >= 15 is 0 Å². The van der Waals surface area contributed by atoms with Gasteiger partial charge >= 0.3 is 0 Å². The summed E-state index contributed by atoms with van der Waals surface area (Å²) in [4.78, 5) is 15.4. The predicted octanol–water partition coefficient (Wildman–Crippen LogP) is 6.50. The maximum absolute atomic E-state index is 11.2. The Morgan fingerprint density at radius 1 is 0.946 bits per heavy atom. The number of nitro benzene ring substituents is 1.